The minimum atomic E-state index is -0.589. The second-order valence-corrected chi connectivity index (χ2v) is 6.75. The summed E-state index contributed by atoms with van der Waals surface area (Å²) in [6.45, 7) is 3.78. The Bertz CT molecular complexity index is 583. The zero-order valence-corrected chi connectivity index (χ0v) is 13.9. The zero-order chi connectivity index (χ0) is 16.3. The molecule has 1 saturated carbocycles. The summed E-state index contributed by atoms with van der Waals surface area (Å²) in [5, 5.41) is 20.4. The number of fused-ring (bicyclic) bond motifs is 1. The highest BCUT2D eigenvalue weighted by Crippen LogP contribution is 2.50. The number of ether oxygens (including phenoxy) is 1. The van der Waals surface area contributed by atoms with Crippen LogP contribution in [-0.2, 0) is 0 Å². The number of hydrogen-bond donors (Lipinski definition) is 1. The zero-order valence-electron chi connectivity index (χ0n) is 13.9. The molecular weight excluding hydrogens is 288 g/mol. The Morgan fingerprint density at radius 1 is 1.35 bits per heavy atom. The lowest BCUT2D eigenvalue weighted by molar-refractivity contribution is -0.122. The van der Waals surface area contributed by atoms with Crippen LogP contribution in [0.2, 0.25) is 0 Å². The van der Waals surface area contributed by atoms with Gasteiger partial charge in [-0.15, -0.1) is 0 Å². The van der Waals surface area contributed by atoms with Crippen molar-refractivity contribution in [2.45, 2.75) is 50.7 Å². The molecular formula is C19H26N2O2. The lowest BCUT2D eigenvalue weighted by Gasteiger charge is -2.52. The van der Waals surface area contributed by atoms with Crippen molar-refractivity contribution >= 4 is 0 Å². The number of benzene rings is 1. The fraction of sp³-hybridized carbons (Fsp3) is 0.632. The first-order valence-electron chi connectivity index (χ1n) is 8.74. The van der Waals surface area contributed by atoms with Gasteiger partial charge < -0.3 is 9.84 Å². The van der Waals surface area contributed by atoms with Gasteiger partial charge >= 0.3 is 0 Å². The Balaban J connectivity index is 2.01. The van der Waals surface area contributed by atoms with E-state index in [1.54, 1.807) is 0 Å². The Kier molecular flexibility index (Phi) is 4.89. The van der Waals surface area contributed by atoms with Gasteiger partial charge in [-0.05, 0) is 32.3 Å². The van der Waals surface area contributed by atoms with Crippen LogP contribution in [0, 0.1) is 17.2 Å². The van der Waals surface area contributed by atoms with E-state index >= 15 is 0 Å². The SMILES string of the molecule is CCOc1ccccc1[C@@H]1[C@@H]2CCCC[C@]2(O)CCN1CC#N. The molecule has 0 unspecified atom stereocenters. The number of aliphatic hydroxyl groups is 1. The van der Waals surface area contributed by atoms with Crippen LogP contribution >= 0.6 is 0 Å². The number of para-hydroxylation sites is 1. The summed E-state index contributed by atoms with van der Waals surface area (Å²) >= 11 is 0. The van der Waals surface area contributed by atoms with Gasteiger partial charge in [0.05, 0.1) is 24.8 Å². The van der Waals surface area contributed by atoms with Gasteiger partial charge in [-0.3, -0.25) is 4.90 Å². The third-order valence-electron chi connectivity index (χ3n) is 5.48. The van der Waals surface area contributed by atoms with Gasteiger partial charge in [0.15, 0.2) is 0 Å². The summed E-state index contributed by atoms with van der Waals surface area (Å²) < 4.78 is 5.84. The number of rotatable bonds is 4. The van der Waals surface area contributed by atoms with Crippen molar-refractivity contribution in [1.82, 2.24) is 4.90 Å². The summed E-state index contributed by atoms with van der Waals surface area (Å²) in [6.07, 6.45) is 4.92. The van der Waals surface area contributed by atoms with Gasteiger partial charge in [0.1, 0.15) is 5.75 Å². The maximum Gasteiger partial charge on any atom is 0.124 e. The molecule has 23 heavy (non-hydrogen) atoms. The van der Waals surface area contributed by atoms with Crippen LogP contribution in [0.25, 0.3) is 0 Å². The molecule has 1 aliphatic carbocycles. The molecule has 124 valence electrons. The fourth-order valence-corrected chi connectivity index (χ4v) is 4.44. The van der Waals surface area contributed by atoms with Crippen molar-refractivity contribution in [1.29, 1.82) is 5.26 Å². The van der Waals surface area contributed by atoms with E-state index in [-0.39, 0.29) is 12.0 Å². The van der Waals surface area contributed by atoms with Crippen LogP contribution < -0.4 is 4.74 Å². The van der Waals surface area contributed by atoms with Crippen LogP contribution in [0.3, 0.4) is 0 Å². The van der Waals surface area contributed by atoms with E-state index in [9.17, 15) is 10.4 Å². The van der Waals surface area contributed by atoms with Gasteiger partial charge in [0.25, 0.3) is 0 Å². The molecule has 0 radical (unpaired) electrons. The molecule has 4 heteroatoms. The number of nitriles is 1. The molecule has 2 aliphatic rings. The predicted molar refractivity (Wildman–Crippen MR) is 89.1 cm³/mol. The quantitative estimate of drug-likeness (QED) is 0.867. The van der Waals surface area contributed by atoms with Gasteiger partial charge in [-0.1, -0.05) is 31.0 Å². The number of hydrogen-bond acceptors (Lipinski definition) is 4. The molecule has 3 atom stereocenters. The fourth-order valence-electron chi connectivity index (χ4n) is 4.44. The number of piperidine rings is 1. The normalized spacial score (nSPS) is 31.2. The molecule has 0 spiro atoms. The molecule has 1 aromatic carbocycles. The van der Waals surface area contributed by atoms with Gasteiger partial charge in [0.2, 0.25) is 0 Å². The van der Waals surface area contributed by atoms with Crippen molar-refractivity contribution in [2.75, 3.05) is 19.7 Å². The third-order valence-corrected chi connectivity index (χ3v) is 5.48. The molecule has 4 nitrogen and oxygen atoms in total. The maximum absolute atomic E-state index is 11.2. The average Bonchev–Trinajstić information content (AvgIpc) is 2.56. The van der Waals surface area contributed by atoms with Crippen molar-refractivity contribution in [3.8, 4) is 11.8 Å². The average molecular weight is 314 g/mol. The van der Waals surface area contributed by atoms with Crippen molar-refractivity contribution in [3.05, 3.63) is 29.8 Å². The molecule has 2 fully saturated rings. The van der Waals surface area contributed by atoms with E-state index in [4.69, 9.17) is 4.74 Å². The first kappa shape index (κ1) is 16.3. The minimum absolute atomic E-state index is 0.0662. The van der Waals surface area contributed by atoms with Crippen molar-refractivity contribution in [3.63, 3.8) is 0 Å². The Labute approximate surface area is 138 Å². The Morgan fingerprint density at radius 3 is 2.96 bits per heavy atom. The van der Waals surface area contributed by atoms with E-state index in [0.29, 0.717) is 13.2 Å². The van der Waals surface area contributed by atoms with Crippen molar-refractivity contribution < 1.29 is 9.84 Å². The highest BCUT2D eigenvalue weighted by atomic mass is 16.5. The van der Waals surface area contributed by atoms with E-state index in [0.717, 1.165) is 50.0 Å². The summed E-state index contributed by atoms with van der Waals surface area (Å²) in [5.41, 5.74) is 0.531. The van der Waals surface area contributed by atoms with Crippen LogP contribution in [0.5, 0.6) is 5.75 Å². The van der Waals surface area contributed by atoms with Crippen LogP contribution in [0.4, 0.5) is 0 Å². The van der Waals surface area contributed by atoms with E-state index in [1.807, 2.05) is 25.1 Å². The molecule has 1 heterocycles. The Morgan fingerprint density at radius 2 is 2.17 bits per heavy atom. The topological polar surface area (TPSA) is 56.5 Å². The summed E-state index contributed by atoms with van der Waals surface area (Å²) in [7, 11) is 0. The molecule has 1 saturated heterocycles. The van der Waals surface area contributed by atoms with Crippen LogP contribution in [0.15, 0.2) is 24.3 Å². The van der Waals surface area contributed by atoms with Gasteiger partial charge in [-0.2, -0.15) is 5.26 Å². The monoisotopic (exact) mass is 314 g/mol. The molecule has 1 N–H and O–H groups in total. The van der Waals surface area contributed by atoms with Crippen molar-refractivity contribution in [2.24, 2.45) is 5.92 Å². The molecule has 1 aromatic rings. The number of likely N-dealkylation sites (tertiary alicyclic amines) is 1. The first-order chi connectivity index (χ1) is 11.2. The maximum atomic E-state index is 11.2. The highest BCUT2D eigenvalue weighted by Gasteiger charge is 2.49. The molecule has 0 amide bonds. The molecule has 0 bridgehead atoms. The summed E-state index contributed by atoms with van der Waals surface area (Å²) in [4.78, 5) is 2.22. The van der Waals surface area contributed by atoms with Gasteiger partial charge in [0, 0.05) is 24.1 Å². The van der Waals surface area contributed by atoms with Gasteiger partial charge in [-0.25, -0.2) is 0 Å². The summed E-state index contributed by atoms with van der Waals surface area (Å²) in [6, 6.07) is 10.5. The summed E-state index contributed by atoms with van der Waals surface area (Å²) in [5.74, 6) is 1.07. The largest absolute Gasteiger partial charge is 0.494 e. The second-order valence-electron chi connectivity index (χ2n) is 6.75. The Hall–Kier alpha value is -1.57. The molecule has 1 aliphatic heterocycles. The smallest absolute Gasteiger partial charge is 0.124 e. The van der Waals surface area contributed by atoms with Crippen LogP contribution in [0.1, 0.15) is 50.6 Å². The third kappa shape index (κ3) is 3.08. The lowest BCUT2D eigenvalue weighted by Crippen LogP contribution is -2.54. The van der Waals surface area contributed by atoms with E-state index in [1.165, 1.54) is 0 Å². The van der Waals surface area contributed by atoms with E-state index in [2.05, 4.69) is 17.0 Å². The first-order valence-corrected chi connectivity index (χ1v) is 8.74. The van der Waals surface area contributed by atoms with Crippen LogP contribution in [-0.4, -0.2) is 35.3 Å². The number of nitrogens with zero attached hydrogens (tertiary/aromatic N) is 2. The second kappa shape index (κ2) is 6.90. The lowest BCUT2D eigenvalue weighted by atomic mass is 9.66. The molecule has 3 rings (SSSR count). The highest BCUT2D eigenvalue weighted by molar-refractivity contribution is 5.37. The standard InChI is InChI=1S/C19H26N2O2/c1-2-23-17-9-4-3-7-15(17)18-16-8-5-6-10-19(16,22)11-13-21(18)14-12-20/h3-4,7,9,16,18,22H,2,5-6,8,10-11,13-14H2,1H3/t16-,18+,19-/m0/s1. The minimum Gasteiger partial charge on any atom is -0.494 e. The molecule has 0 aromatic heterocycles. The predicted octanol–water partition coefficient (Wildman–Crippen LogP) is 3.28. The van der Waals surface area contributed by atoms with E-state index < -0.39 is 5.60 Å².